The average Bonchev–Trinajstić information content (AvgIpc) is 1.86. The predicted octanol–water partition coefficient (Wildman–Crippen LogP) is 1.06. The van der Waals surface area contributed by atoms with Crippen molar-refractivity contribution in [1.29, 1.82) is 5.26 Å². The molecule has 10 heavy (non-hydrogen) atoms. The molecule has 0 aromatic rings. The third kappa shape index (κ3) is 0.615. The van der Waals surface area contributed by atoms with Crippen LogP contribution in [0.5, 0.6) is 0 Å². The number of fused-ring (bicyclic) bond motifs is 2. The lowest BCUT2D eigenvalue weighted by Gasteiger charge is -2.48. The second-order valence-electron chi connectivity index (χ2n) is 3.61. The first-order valence-electron chi connectivity index (χ1n) is 3.88. The molecule has 0 aromatic heterocycles. The molecule has 3 aliphatic carbocycles. The fourth-order valence-corrected chi connectivity index (χ4v) is 2.14. The van der Waals surface area contributed by atoms with Crippen LogP contribution in [0.3, 0.4) is 0 Å². The van der Waals surface area contributed by atoms with E-state index in [1.54, 1.807) is 0 Å². The zero-order valence-electron chi connectivity index (χ0n) is 5.88. The van der Waals surface area contributed by atoms with Crippen LogP contribution in [0.25, 0.3) is 0 Å². The zero-order chi connectivity index (χ0) is 7.19. The number of aliphatic hydroxyl groups is 1. The van der Waals surface area contributed by atoms with E-state index in [0.717, 1.165) is 25.2 Å². The first kappa shape index (κ1) is 6.18. The minimum absolute atomic E-state index is 0.302. The minimum Gasteiger partial charge on any atom is -0.375 e. The summed E-state index contributed by atoms with van der Waals surface area (Å²) in [5, 5.41) is 18.3. The fraction of sp³-hybridized carbons (Fsp3) is 0.875. The number of hydrogen-bond acceptors (Lipinski definition) is 2. The summed E-state index contributed by atoms with van der Waals surface area (Å²) >= 11 is 0. The summed E-state index contributed by atoms with van der Waals surface area (Å²) in [6.45, 7) is 0. The molecule has 2 bridgehead atoms. The normalized spacial score (nSPS) is 51.2. The zero-order valence-corrected chi connectivity index (χ0v) is 5.88. The molecule has 2 heteroatoms. The van der Waals surface area contributed by atoms with Crippen molar-refractivity contribution in [2.45, 2.75) is 31.3 Å². The third-order valence-corrected chi connectivity index (χ3v) is 3.04. The van der Waals surface area contributed by atoms with E-state index < -0.39 is 5.60 Å². The van der Waals surface area contributed by atoms with Crippen molar-refractivity contribution < 1.29 is 5.11 Å². The van der Waals surface area contributed by atoms with E-state index in [-0.39, 0.29) is 0 Å². The Balaban J connectivity index is 2.16. The van der Waals surface area contributed by atoms with Crippen molar-refractivity contribution >= 4 is 0 Å². The van der Waals surface area contributed by atoms with Gasteiger partial charge >= 0.3 is 0 Å². The molecule has 3 saturated carbocycles. The lowest BCUT2D eigenvalue weighted by atomic mass is 9.58. The molecule has 3 rings (SSSR count). The van der Waals surface area contributed by atoms with Gasteiger partial charge in [0.15, 0.2) is 5.60 Å². The van der Waals surface area contributed by atoms with Crippen LogP contribution in [-0.4, -0.2) is 10.7 Å². The van der Waals surface area contributed by atoms with Crippen LogP contribution in [0, 0.1) is 23.2 Å². The molecular weight excluding hydrogens is 126 g/mol. The van der Waals surface area contributed by atoms with Gasteiger partial charge < -0.3 is 5.11 Å². The van der Waals surface area contributed by atoms with Gasteiger partial charge in [0, 0.05) is 5.92 Å². The number of rotatable bonds is 0. The molecule has 0 amide bonds. The first-order chi connectivity index (χ1) is 4.74. The highest BCUT2D eigenvalue weighted by Gasteiger charge is 2.49. The second kappa shape index (κ2) is 1.73. The first-order valence-corrected chi connectivity index (χ1v) is 3.88. The van der Waals surface area contributed by atoms with E-state index in [1.807, 2.05) is 6.07 Å². The van der Waals surface area contributed by atoms with Gasteiger partial charge in [-0.2, -0.15) is 5.26 Å². The smallest absolute Gasteiger partial charge is 0.153 e. The lowest BCUT2D eigenvalue weighted by molar-refractivity contribution is -0.0791. The summed E-state index contributed by atoms with van der Waals surface area (Å²) < 4.78 is 0. The van der Waals surface area contributed by atoms with Gasteiger partial charge in [-0.05, 0) is 31.6 Å². The van der Waals surface area contributed by atoms with E-state index in [1.165, 1.54) is 0 Å². The van der Waals surface area contributed by atoms with E-state index in [2.05, 4.69) is 0 Å². The molecule has 0 heterocycles. The Morgan fingerprint density at radius 2 is 2.20 bits per heavy atom. The molecule has 3 aliphatic rings. The van der Waals surface area contributed by atoms with E-state index in [9.17, 15) is 5.11 Å². The van der Waals surface area contributed by atoms with Crippen LogP contribution in [0.4, 0.5) is 0 Å². The number of hydrogen-bond donors (Lipinski definition) is 1. The van der Waals surface area contributed by atoms with Gasteiger partial charge in [-0.3, -0.25) is 0 Å². The van der Waals surface area contributed by atoms with E-state index in [4.69, 9.17) is 5.26 Å². The van der Waals surface area contributed by atoms with E-state index >= 15 is 0 Å². The molecular formula is C8H11NO. The summed E-state index contributed by atoms with van der Waals surface area (Å²) in [6, 6.07) is 2.02. The summed E-state index contributed by atoms with van der Waals surface area (Å²) in [5.41, 5.74) is -0.950. The monoisotopic (exact) mass is 137 g/mol. The second-order valence-corrected chi connectivity index (χ2v) is 3.61. The largest absolute Gasteiger partial charge is 0.375 e. The fourth-order valence-electron chi connectivity index (χ4n) is 2.14. The topological polar surface area (TPSA) is 44.0 Å². The van der Waals surface area contributed by atoms with Gasteiger partial charge in [0.1, 0.15) is 0 Å². The van der Waals surface area contributed by atoms with Crippen molar-refractivity contribution in [2.24, 2.45) is 11.8 Å². The molecule has 1 atom stereocenters. The maximum absolute atomic E-state index is 9.63. The molecule has 0 aliphatic heterocycles. The van der Waals surface area contributed by atoms with Crippen LogP contribution in [0.1, 0.15) is 25.7 Å². The minimum atomic E-state index is -0.950. The van der Waals surface area contributed by atoms with Crippen LogP contribution in [0.15, 0.2) is 0 Å². The molecule has 2 nitrogen and oxygen atoms in total. The Morgan fingerprint density at radius 3 is 2.50 bits per heavy atom. The summed E-state index contributed by atoms with van der Waals surface area (Å²) in [7, 11) is 0. The predicted molar refractivity (Wildman–Crippen MR) is 36.0 cm³/mol. The number of nitriles is 1. The molecule has 1 N–H and O–H groups in total. The maximum Gasteiger partial charge on any atom is 0.153 e. The Hall–Kier alpha value is -0.550. The Labute approximate surface area is 60.5 Å². The van der Waals surface area contributed by atoms with Gasteiger partial charge in [-0.25, -0.2) is 0 Å². The molecule has 54 valence electrons. The van der Waals surface area contributed by atoms with Crippen molar-refractivity contribution in [3.05, 3.63) is 0 Å². The standard InChI is InChI=1S/C8H11NO/c9-5-8(10)2-1-6-3-7(8)4-6/h6-7,10H,1-4H2/t6?,7?,8-/m0/s1. The Kier molecular flexibility index (Phi) is 1.07. The van der Waals surface area contributed by atoms with Gasteiger partial charge in [0.05, 0.1) is 6.07 Å². The maximum atomic E-state index is 9.63. The van der Waals surface area contributed by atoms with Gasteiger partial charge in [-0.1, -0.05) is 0 Å². The van der Waals surface area contributed by atoms with Crippen LogP contribution in [-0.2, 0) is 0 Å². The lowest BCUT2D eigenvalue weighted by Crippen LogP contribution is -2.49. The molecule has 0 unspecified atom stereocenters. The van der Waals surface area contributed by atoms with Gasteiger partial charge in [-0.15, -0.1) is 0 Å². The highest BCUT2D eigenvalue weighted by atomic mass is 16.3. The average molecular weight is 137 g/mol. The van der Waals surface area contributed by atoms with Gasteiger partial charge in [0.25, 0.3) is 0 Å². The molecule has 0 spiro atoms. The molecule has 3 fully saturated rings. The highest BCUT2D eigenvalue weighted by Crippen LogP contribution is 2.50. The Morgan fingerprint density at radius 1 is 1.50 bits per heavy atom. The summed E-state index contributed by atoms with van der Waals surface area (Å²) in [5.74, 6) is 1.13. The van der Waals surface area contributed by atoms with E-state index in [0.29, 0.717) is 12.3 Å². The Bertz CT molecular complexity index is 187. The molecule has 0 radical (unpaired) electrons. The quantitative estimate of drug-likeness (QED) is 0.507. The van der Waals surface area contributed by atoms with Crippen molar-refractivity contribution in [3.8, 4) is 6.07 Å². The van der Waals surface area contributed by atoms with Crippen molar-refractivity contribution in [1.82, 2.24) is 0 Å². The SMILES string of the molecule is N#C[C@@]1(O)CCC2CC1C2. The van der Waals surface area contributed by atoms with Gasteiger partial charge in [0.2, 0.25) is 0 Å². The number of nitrogens with zero attached hydrogens (tertiary/aromatic N) is 1. The van der Waals surface area contributed by atoms with Crippen LogP contribution < -0.4 is 0 Å². The van der Waals surface area contributed by atoms with Crippen LogP contribution >= 0.6 is 0 Å². The third-order valence-electron chi connectivity index (χ3n) is 3.04. The molecule has 0 aromatic carbocycles. The van der Waals surface area contributed by atoms with Crippen molar-refractivity contribution in [3.63, 3.8) is 0 Å². The highest BCUT2D eigenvalue weighted by molar-refractivity contribution is 5.12. The van der Waals surface area contributed by atoms with Crippen LogP contribution in [0.2, 0.25) is 0 Å². The van der Waals surface area contributed by atoms with Crippen molar-refractivity contribution in [2.75, 3.05) is 0 Å². The molecule has 0 saturated heterocycles. The summed E-state index contributed by atoms with van der Waals surface area (Å²) in [4.78, 5) is 0. The summed E-state index contributed by atoms with van der Waals surface area (Å²) in [6.07, 6.45) is 3.94.